The van der Waals surface area contributed by atoms with Crippen molar-refractivity contribution in [3.63, 3.8) is 0 Å². The predicted molar refractivity (Wildman–Crippen MR) is 89.5 cm³/mol. The molecule has 0 saturated carbocycles. The van der Waals surface area contributed by atoms with E-state index in [1.165, 1.54) is 16.7 Å². The van der Waals surface area contributed by atoms with Crippen LogP contribution in [0.4, 0.5) is 0 Å². The lowest BCUT2D eigenvalue weighted by Crippen LogP contribution is -2.18. The van der Waals surface area contributed by atoms with E-state index in [1.54, 1.807) is 11.3 Å². The molecule has 1 aromatic carbocycles. The Morgan fingerprint density at radius 1 is 1.11 bits per heavy atom. The topological polar surface area (TPSA) is 12.0 Å². The highest BCUT2D eigenvalue weighted by Gasteiger charge is 2.19. The smallest absolute Gasteiger partial charge is 0.0761 e. The van der Waals surface area contributed by atoms with Gasteiger partial charge in [0.05, 0.1) is 13.6 Å². The minimum absolute atomic E-state index is 0.204. The Balaban J connectivity index is 2.48. The maximum atomic E-state index is 3.63. The Labute approximate surface area is 136 Å². The van der Waals surface area contributed by atoms with Gasteiger partial charge in [-0.2, -0.15) is 0 Å². The highest BCUT2D eigenvalue weighted by molar-refractivity contribution is 9.12. The molecule has 0 aliphatic carbocycles. The van der Waals surface area contributed by atoms with E-state index in [9.17, 15) is 0 Å². The number of nitrogens with one attached hydrogen (secondary N) is 1. The van der Waals surface area contributed by atoms with E-state index >= 15 is 0 Å². The third-order valence-corrected chi connectivity index (χ3v) is 5.70. The number of thiophene rings is 1. The highest BCUT2D eigenvalue weighted by Crippen LogP contribution is 2.38. The first kappa shape index (κ1) is 14.7. The molecule has 2 rings (SSSR count). The molecule has 0 saturated heterocycles. The fourth-order valence-corrected chi connectivity index (χ4v) is 5.37. The first-order valence-corrected chi connectivity index (χ1v) is 8.60. The fourth-order valence-electron chi connectivity index (χ4n) is 1.99. The van der Waals surface area contributed by atoms with Gasteiger partial charge in [0.1, 0.15) is 0 Å². The third kappa shape index (κ3) is 3.07. The second kappa shape index (κ2) is 6.18. The number of benzene rings is 1. The van der Waals surface area contributed by atoms with Crippen molar-refractivity contribution >= 4 is 59.1 Å². The zero-order valence-electron chi connectivity index (χ0n) is 9.93. The molecule has 1 heterocycles. The van der Waals surface area contributed by atoms with Crippen molar-refractivity contribution in [3.8, 4) is 0 Å². The van der Waals surface area contributed by atoms with Crippen molar-refractivity contribution < 1.29 is 0 Å². The van der Waals surface area contributed by atoms with Gasteiger partial charge in [-0.1, -0.05) is 22.0 Å². The Morgan fingerprint density at radius 2 is 1.83 bits per heavy atom. The summed E-state index contributed by atoms with van der Waals surface area (Å²) in [4.78, 5) is 0. The van der Waals surface area contributed by atoms with Crippen LogP contribution in [0.5, 0.6) is 0 Å². The number of hydrogen-bond acceptors (Lipinski definition) is 2. The van der Waals surface area contributed by atoms with Crippen LogP contribution < -0.4 is 5.32 Å². The summed E-state index contributed by atoms with van der Waals surface area (Å²) in [5.41, 5.74) is 3.84. The van der Waals surface area contributed by atoms with Crippen molar-refractivity contribution in [2.45, 2.75) is 13.0 Å². The molecule has 0 radical (unpaired) electrons. The second-order valence-electron chi connectivity index (χ2n) is 4.00. The molecule has 1 unspecified atom stereocenters. The molecule has 0 aliphatic heterocycles. The summed E-state index contributed by atoms with van der Waals surface area (Å²) in [5, 5.41) is 3.39. The van der Waals surface area contributed by atoms with Gasteiger partial charge in [-0.15, -0.1) is 11.3 Å². The average molecular weight is 454 g/mol. The molecule has 1 nitrogen and oxygen atoms in total. The Hall–Kier alpha value is 0.320. The first-order valence-electron chi connectivity index (χ1n) is 5.41. The van der Waals surface area contributed by atoms with Gasteiger partial charge >= 0.3 is 0 Å². The molecule has 1 aromatic heterocycles. The van der Waals surface area contributed by atoms with Gasteiger partial charge < -0.3 is 5.32 Å². The summed E-state index contributed by atoms with van der Waals surface area (Å²) in [6.45, 7) is 2.14. The second-order valence-corrected chi connectivity index (χ2v) is 8.67. The standard InChI is InChI=1S/C13H12Br3NS/c1-7-5-8(14)3-4-9(7)12(17-2)10-6-11(15)18-13(10)16/h3-6,12,17H,1-2H3. The summed E-state index contributed by atoms with van der Waals surface area (Å²) >= 11 is 12.4. The predicted octanol–water partition coefficient (Wildman–Crippen LogP) is 5.65. The number of hydrogen-bond donors (Lipinski definition) is 1. The van der Waals surface area contributed by atoms with Crippen LogP contribution in [0.3, 0.4) is 0 Å². The van der Waals surface area contributed by atoms with Crippen LogP contribution in [0.25, 0.3) is 0 Å². The van der Waals surface area contributed by atoms with E-state index in [0.29, 0.717) is 0 Å². The highest BCUT2D eigenvalue weighted by atomic mass is 79.9. The quantitative estimate of drug-likeness (QED) is 0.633. The van der Waals surface area contributed by atoms with Crippen molar-refractivity contribution in [1.29, 1.82) is 0 Å². The molecule has 0 aliphatic rings. The molecule has 18 heavy (non-hydrogen) atoms. The summed E-state index contributed by atoms with van der Waals surface area (Å²) in [5.74, 6) is 0. The molecule has 1 N–H and O–H groups in total. The molecule has 0 bridgehead atoms. The van der Waals surface area contributed by atoms with E-state index in [1.807, 2.05) is 7.05 Å². The fraction of sp³-hybridized carbons (Fsp3) is 0.231. The van der Waals surface area contributed by atoms with Gasteiger partial charge in [0.15, 0.2) is 0 Å². The maximum Gasteiger partial charge on any atom is 0.0761 e. The van der Waals surface area contributed by atoms with Crippen LogP contribution in [0.1, 0.15) is 22.7 Å². The van der Waals surface area contributed by atoms with Crippen LogP contribution >= 0.6 is 59.1 Å². The van der Waals surface area contributed by atoms with Crippen molar-refractivity contribution in [2.24, 2.45) is 0 Å². The van der Waals surface area contributed by atoms with Crippen molar-refractivity contribution in [3.05, 3.63) is 53.0 Å². The monoisotopic (exact) mass is 451 g/mol. The number of rotatable bonds is 3. The normalized spacial score (nSPS) is 12.7. The molecule has 0 spiro atoms. The van der Waals surface area contributed by atoms with E-state index < -0.39 is 0 Å². The zero-order chi connectivity index (χ0) is 13.3. The lowest BCUT2D eigenvalue weighted by atomic mass is 9.97. The van der Waals surface area contributed by atoms with Gasteiger partial charge in [0, 0.05) is 4.47 Å². The largest absolute Gasteiger partial charge is 0.309 e. The average Bonchev–Trinajstić information content (AvgIpc) is 2.62. The van der Waals surface area contributed by atoms with Gasteiger partial charge in [-0.25, -0.2) is 0 Å². The van der Waals surface area contributed by atoms with Crippen LogP contribution in [0.2, 0.25) is 0 Å². The molecular formula is C13H12Br3NS. The zero-order valence-corrected chi connectivity index (χ0v) is 15.5. The Kier molecular flexibility index (Phi) is 5.06. The number of aryl methyl sites for hydroxylation is 1. The summed E-state index contributed by atoms with van der Waals surface area (Å²) in [6.07, 6.45) is 0. The lowest BCUT2D eigenvalue weighted by molar-refractivity contribution is 0.687. The van der Waals surface area contributed by atoms with Gasteiger partial charge in [0.2, 0.25) is 0 Å². The maximum absolute atomic E-state index is 3.63. The SMILES string of the molecule is CNC(c1ccc(Br)cc1C)c1cc(Br)sc1Br. The molecule has 0 amide bonds. The van der Waals surface area contributed by atoms with Crippen LogP contribution in [0, 0.1) is 6.92 Å². The van der Waals surface area contributed by atoms with E-state index in [-0.39, 0.29) is 6.04 Å². The summed E-state index contributed by atoms with van der Waals surface area (Å²) < 4.78 is 3.42. The van der Waals surface area contributed by atoms with Gasteiger partial charge in [-0.05, 0) is 80.7 Å². The lowest BCUT2D eigenvalue weighted by Gasteiger charge is -2.19. The minimum atomic E-state index is 0.204. The summed E-state index contributed by atoms with van der Waals surface area (Å²) in [7, 11) is 1.99. The van der Waals surface area contributed by atoms with Crippen LogP contribution in [0.15, 0.2) is 36.3 Å². The minimum Gasteiger partial charge on any atom is -0.309 e. The molecular weight excluding hydrogens is 442 g/mol. The van der Waals surface area contributed by atoms with E-state index in [4.69, 9.17) is 0 Å². The third-order valence-electron chi connectivity index (χ3n) is 2.83. The Bertz CT molecular complexity index is 565. The van der Waals surface area contributed by atoms with Crippen LogP contribution in [-0.2, 0) is 0 Å². The van der Waals surface area contributed by atoms with Crippen LogP contribution in [-0.4, -0.2) is 7.05 Å². The van der Waals surface area contributed by atoms with E-state index in [2.05, 4.69) is 84.3 Å². The molecule has 0 fully saturated rings. The Morgan fingerprint density at radius 3 is 2.33 bits per heavy atom. The van der Waals surface area contributed by atoms with Gasteiger partial charge in [-0.3, -0.25) is 0 Å². The molecule has 2 aromatic rings. The summed E-state index contributed by atoms with van der Waals surface area (Å²) in [6, 6.07) is 8.77. The molecule has 96 valence electrons. The van der Waals surface area contributed by atoms with E-state index in [0.717, 1.165) is 12.0 Å². The van der Waals surface area contributed by atoms with Crippen molar-refractivity contribution in [2.75, 3.05) is 7.05 Å². The van der Waals surface area contributed by atoms with Gasteiger partial charge in [0.25, 0.3) is 0 Å². The van der Waals surface area contributed by atoms with Crippen molar-refractivity contribution in [1.82, 2.24) is 5.32 Å². The molecule has 5 heteroatoms. The molecule has 1 atom stereocenters. The first-order chi connectivity index (χ1) is 8.52. The number of halogens is 3.